The van der Waals surface area contributed by atoms with E-state index < -0.39 is 0 Å². The summed E-state index contributed by atoms with van der Waals surface area (Å²) in [4.78, 5) is 2.72. The number of nitrogens with one attached hydrogen (secondary N) is 1. The van der Waals surface area contributed by atoms with Gasteiger partial charge in [0.2, 0.25) is 0 Å². The van der Waals surface area contributed by atoms with Crippen LogP contribution in [0.25, 0.3) is 0 Å². The van der Waals surface area contributed by atoms with Gasteiger partial charge in [-0.1, -0.05) is 13.8 Å². The van der Waals surface area contributed by atoms with Crippen LogP contribution in [0.2, 0.25) is 0 Å². The van der Waals surface area contributed by atoms with Crippen molar-refractivity contribution in [3.63, 3.8) is 0 Å². The summed E-state index contributed by atoms with van der Waals surface area (Å²) in [5, 5.41) is 3.95. The molecule has 3 aliphatic rings. The van der Waals surface area contributed by atoms with E-state index >= 15 is 0 Å². The molecule has 2 heteroatoms. The standard InChI is InChI=1S/C15H28N2/c1-11-7-12(2)9-14(8-11)16-13-5-6-17(10-13)15-3-4-15/h11-16H,3-10H2,1-2H3. The summed E-state index contributed by atoms with van der Waals surface area (Å²) in [5.41, 5.74) is 0. The molecule has 0 aromatic heterocycles. The molecule has 3 atom stereocenters. The van der Waals surface area contributed by atoms with E-state index in [-0.39, 0.29) is 0 Å². The normalized spacial score (nSPS) is 44.1. The Labute approximate surface area is 106 Å². The highest BCUT2D eigenvalue weighted by molar-refractivity contribution is 4.93. The average molecular weight is 236 g/mol. The van der Waals surface area contributed by atoms with Crippen LogP contribution in [0.3, 0.4) is 0 Å². The van der Waals surface area contributed by atoms with Crippen LogP contribution in [0.15, 0.2) is 0 Å². The summed E-state index contributed by atoms with van der Waals surface area (Å²) in [6.45, 7) is 7.52. The molecule has 0 bridgehead atoms. The van der Waals surface area contributed by atoms with Gasteiger partial charge in [-0.15, -0.1) is 0 Å². The zero-order chi connectivity index (χ0) is 11.8. The highest BCUT2D eigenvalue weighted by Gasteiger charge is 2.35. The molecular formula is C15H28N2. The van der Waals surface area contributed by atoms with Gasteiger partial charge in [0.25, 0.3) is 0 Å². The molecule has 0 spiro atoms. The lowest BCUT2D eigenvalue weighted by Gasteiger charge is -2.34. The van der Waals surface area contributed by atoms with Crippen LogP contribution in [0.5, 0.6) is 0 Å². The number of hydrogen-bond donors (Lipinski definition) is 1. The first-order valence-electron chi connectivity index (χ1n) is 7.71. The quantitative estimate of drug-likeness (QED) is 0.810. The first-order chi connectivity index (χ1) is 8.20. The Hall–Kier alpha value is -0.0800. The van der Waals surface area contributed by atoms with Gasteiger partial charge in [-0.3, -0.25) is 4.90 Å². The van der Waals surface area contributed by atoms with Crippen molar-refractivity contribution in [2.45, 2.75) is 70.5 Å². The molecule has 3 rings (SSSR count). The summed E-state index contributed by atoms with van der Waals surface area (Å²) in [7, 11) is 0. The third-order valence-electron chi connectivity index (χ3n) is 4.93. The zero-order valence-electron chi connectivity index (χ0n) is 11.5. The van der Waals surface area contributed by atoms with E-state index in [4.69, 9.17) is 0 Å². The Kier molecular flexibility index (Phi) is 3.45. The van der Waals surface area contributed by atoms with E-state index in [9.17, 15) is 0 Å². The number of rotatable bonds is 3. The molecule has 0 aromatic carbocycles. The Morgan fingerprint density at radius 3 is 2.24 bits per heavy atom. The Morgan fingerprint density at radius 2 is 1.59 bits per heavy atom. The first kappa shape index (κ1) is 12.0. The molecule has 1 saturated heterocycles. The molecule has 3 fully saturated rings. The number of hydrogen-bond acceptors (Lipinski definition) is 2. The van der Waals surface area contributed by atoms with Gasteiger partial charge in [-0.25, -0.2) is 0 Å². The van der Waals surface area contributed by atoms with Crippen LogP contribution in [0.4, 0.5) is 0 Å². The molecule has 98 valence electrons. The van der Waals surface area contributed by atoms with Crippen LogP contribution >= 0.6 is 0 Å². The minimum atomic E-state index is 0.790. The molecule has 2 nitrogen and oxygen atoms in total. The summed E-state index contributed by atoms with van der Waals surface area (Å²) < 4.78 is 0. The lowest BCUT2D eigenvalue weighted by Crippen LogP contribution is -2.43. The fraction of sp³-hybridized carbons (Fsp3) is 1.00. The smallest absolute Gasteiger partial charge is 0.0209 e. The van der Waals surface area contributed by atoms with Crippen molar-refractivity contribution >= 4 is 0 Å². The second kappa shape index (κ2) is 4.89. The van der Waals surface area contributed by atoms with Gasteiger partial charge in [0.15, 0.2) is 0 Å². The molecule has 1 N–H and O–H groups in total. The van der Waals surface area contributed by atoms with Crippen LogP contribution in [-0.4, -0.2) is 36.1 Å². The summed E-state index contributed by atoms with van der Waals surface area (Å²) in [6.07, 6.45) is 8.57. The molecule has 3 unspecified atom stereocenters. The Balaban J connectivity index is 1.46. The van der Waals surface area contributed by atoms with Crippen molar-refractivity contribution in [3.8, 4) is 0 Å². The zero-order valence-corrected chi connectivity index (χ0v) is 11.5. The summed E-state index contributed by atoms with van der Waals surface area (Å²) >= 11 is 0. The van der Waals surface area contributed by atoms with Gasteiger partial charge in [-0.2, -0.15) is 0 Å². The third kappa shape index (κ3) is 3.03. The van der Waals surface area contributed by atoms with Crippen molar-refractivity contribution in [2.24, 2.45) is 11.8 Å². The van der Waals surface area contributed by atoms with Crippen molar-refractivity contribution in [1.29, 1.82) is 0 Å². The lowest BCUT2D eigenvalue weighted by atomic mass is 9.80. The minimum Gasteiger partial charge on any atom is -0.310 e. The first-order valence-corrected chi connectivity index (χ1v) is 7.71. The maximum Gasteiger partial charge on any atom is 0.0209 e. The van der Waals surface area contributed by atoms with Gasteiger partial charge < -0.3 is 5.32 Å². The molecule has 2 aliphatic carbocycles. The second-order valence-electron chi connectivity index (χ2n) is 6.99. The topological polar surface area (TPSA) is 15.3 Å². The van der Waals surface area contributed by atoms with E-state index in [0.29, 0.717) is 0 Å². The molecule has 17 heavy (non-hydrogen) atoms. The highest BCUT2D eigenvalue weighted by atomic mass is 15.2. The third-order valence-corrected chi connectivity index (χ3v) is 4.93. The van der Waals surface area contributed by atoms with Crippen LogP contribution in [0.1, 0.15) is 52.4 Å². The molecule has 1 aliphatic heterocycles. The molecule has 0 aromatic rings. The van der Waals surface area contributed by atoms with E-state index in [0.717, 1.165) is 30.0 Å². The van der Waals surface area contributed by atoms with Crippen LogP contribution in [0, 0.1) is 11.8 Å². The van der Waals surface area contributed by atoms with Crippen molar-refractivity contribution in [3.05, 3.63) is 0 Å². The predicted octanol–water partition coefficient (Wildman–Crippen LogP) is 2.64. The Morgan fingerprint density at radius 1 is 0.882 bits per heavy atom. The Bertz CT molecular complexity index is 252. The summed E-state index contributed by atoms with van der Waals surface area (Å²) in [5.74, 6) is 1.86. The van der Waals surface area contributed by atoms with E-state index in [1.807, 2.05) is 0 Å². The molecular weight excluding hydrogens is 208 g/mol. The molecule has 1 heterocycles. The van der Waals surface area contributed by atoms with Gasteiger partial charge in [0, 0.05) is 31.2 Å². The van der Waals surface area contributed by atoms with E-state index in [2.05, 4.69) is 24.1 Å². The average Bonchev–Trinajstić information content (AvgIpc) is 2.99. The maximum absolute atomic E-state index is 3.95. The summed E-state index contributed by atoms with van der Waals surface area (Å²) in [6, 6.07) is 2.56. The second-order valence-corrected chi connectivity index (χ2v) is 6.99. The minimum absolute atomic E-state index is 0.790. The van der Waals surface area contributed by atoms with Gasteiger partial charge in [-0.05, 0) is 50.4 Å². The molecule has 2 saturated carbocycles. The largest absolute Gasteiger partial charge is 0.310 e. The molecule has 0 radical (unpaired) electrons. The molecule has 0 amide bonds. The fourth-order valence-corrected chi connectivity index (χ4v) is 4.11. The SMILES string of the molecule is CC1CC(C)CC(NC2CCN(C3CC3)C2)C1. The fourth-order valence-electron chi connectivity index (χ4n) is 4.11. The van der Waals surface area contributed by atoms with E-state index in [1.165, 1.54) is 51.6 Å². The van der Waals surface area contributed by atoms with Crippen LogP contribution in [-0.2, 0) is 0 Å². The predicted molar refractivity (Wildman–Crippen MR) is 72.1 cm³/mol. The van der Waals surface area contributed by atoms with Gasteiger partial charge >= 0.3 is 0 Å². The van der Waals surface area contributed by atoms with Crippen molar-refractivity contribution in [1.82, 2.24) is 10.2 Å². The van der Waals surface area contributed by atoms with E-state index in [1.54, 1.807) is 0 Å². The number of likely N-dealkylation sites (tertiary alicyclic amines) is 1. The number of nitrogens with zero attached hydrogens (tertiary/aromatic N) is 1. The van der Waals surface area contributed by atoms with Crippen LogP contribution < -0.4 is 5.32 Å². The van der Waals surface area contributed by atoms with Crippen molar-refractivity contribution < 1.29 is 0 Å². The lowest BCUT2D eigenvalue weighted by molar-refractivity contribution is 0.222. The maximum atomic E-state index is 3.95. The van der Waals surface area contributed by atoms with Gasteiger partial charge in [0.05, 0.1) is 0 Å². The van der Waals surface area contributed by atoms with Gasteiger partial charge in [0.1, 0.15) is 0 Å². The van der Waals surface area contributed by atoms with Crippen molar-refractivity contribution in [2.75, 3.05) is 13.1 Å². The monoisotopic (exact) mass is 236 g/mol. The highest BCUT2D eigenvalue weighted by Crippen LogP contribution is 2.32.